The third-order valence-corrected chi connectivity index (χ3v) is 5.39. The van der Waals surface area contributed by atoms with Crippen molar-refractivity contribution in [2.24, 2.45) is 5.92 Å². The first kappa shape index (κ1) is 15.4. The lowest BCUT2D eigenvalue weighted by molar-refractivity contribution is -0.123. The zero-order valence-electron chi connectivity index (χ0n) is 13.7. The van der Waals surface area contributed by atoms with Crippen LogP contribution in [0.2, 0.25) is 0 Å². The van der Waals surface area contributed by atoms with E-state index in [-0.39, 0.29) is 47.0 Å². The third-order valence-electron chi connectivity index (χ3n) is 5.39. The van der Waals surface area contributed by atoms with E-state index in [4.69, 9.17) is 0 Å². The largest absolute Gasteiger partial charge is 0.353 e. The fourth-order valence-corrected chi connectivity index (χ4v) is 4.06. The Labute approximate surface area is 139 Å². The van der Waals surface area contributed by atoms with E-state index in [1.54, 1.807) is 6.92 Å². The Balaban J connectivity index is 1.48. The van der Waals surface area contributed by atoms with Gasteiger partial charge in [0, 0.05) is 35.8 Å². The molecular formula is C17H22N4O3. The van der Waals surface area contributed by atoms with Gasteiger partial charge in [-0.15, -0.1) is 0 Å². The van der Waals surface area contributed by atoms with Crippen LogP contribution >= 0.6 is 0 Å². The minimum atomic E-state index is -0.334. The molecule has 7 heteroatoms. The maximum Gasteiger partial charge on any atom is 0.278 e. The molecule has 3 fully saturated rings. The van der Waals surface area contributed by atoms with Gasteiger partial charge in [0.2, 0.25) is 11.3 Å². The molecule has 2 amide bonds. The molecule has 0 aromatic carbocycles. The second-order valence-corrected chi connectivity index (χ2v) is 7.31. The van der Waals surface area contributed by atoms with Crippen LogP contribution in [0.1, 0.15) is 54.7 Å². The lowest BCUT2D eigenvalue weighted by atomic mass is 9.96. The summed E-state index contributed by atoms with van der Waals surface area (Å²) in [7, 11) is 0. The lowest BCUT2D eigenvalue weighted by Crippen LogP contribution is -2.53. The van der Waals surface area contributed by atoms with Crippen LogP contribution in [-0.4, -0.2) is 45.0 Å². The molecule has 2 aliphatic heterocycles. The van der Waals surface area contributed by atoms with Gasteiger partial charge in [-0.3, -0.25) is 19.5 Å². The molecule has 2 saturated heterocycles. The number of aromatic nitrogens is 2. The normalized spacial score (nSPS) is 28.7. The molecule has 7 nitrogen and oxygen atoms in total. The monoisotopic (exact) mass is 330 g/mol. The molecule has 1 saturated carbocycles. The average Bonchev–Trinajstić information content (AvgIpc) is 3.33. The van der Waals surface area contributed by atoms with E-state index in [0.717, 1.165) is 38.5 Å². The van der Waals surface area contributed by atoms with Crippen molar-refractivity contribution in [3.8, 4) is 0 Å². The number of H-pyrrole nitrogens is 1. The van der Waals surface area contributed by atoms with Crippen molar-refractivity contribution < 1.29 is 9.59 Å². The van der Waals surface area contributed by atoms with Crippen molar-refractivity contribution >= 4 is 11.8 Å². The number of piperidine rings is 1. The molecular weight excluding hydrogens is 308 g/mol. The van der Waals surface area contributed by atoms with Crippen molar-refractivity contribution in [1.82, 2.24) is 20.4 Å². The predicted octanol–water partition coefficient (Wildman–Crippen LogP) is 0.740. The van der Waals surface area contributed by atoms with Crippen LogP contribution in [0.3, 0.4) is 0 Å². The zero-order valence-corrected chi connectivity index (χ0v) is 13.7. The molecule has 4 rings (SSSR count). The fourth-order valence-electron chi connectivity index (χ4n) is 4.06. The van der Waals surface area contributed by atoms with Crippen molar-refractivity contribution in [2.75, 3.05) is 0 Å². The Morgan fingerprint density at radius 2 is 1.88 bits per heavy atom. The van der Waals surface area contributed by atoms with Gasteiger partial charge in [0.15, 0.2) is 5.69 Å². The Bertz CT molecular complexity index is 726. The van der Waals surface area contributed by atoms with Crippen LogP contribution in [0.5, 0.6) is 0 Å². The fraction of sp³-hybridized carbons (Fsp3) is 0.647. The Kier molecular flexibility index (Phi) is 3.66. The average molecular weight is 330 g/mol. The van der Waals surface area contributed by atoms with Gasteiger partial charge >= 0.3 is 0 Å². The highest BCUT2D eigenvalue weighted by Gasteiger charge is 2.45. The van der Waals surface area contributed by atoms with Crippen molar-refractivity contribution in [1.29, 1.82) is 0 Å². The third kappa shape index (κ3) is 2.72. The number of nitrogens with one attached hydrogen (secondary N) is 2. The zero-order chi connectivity index (χ0) is 16.8. The number of carbonyl (C=O) groups excluding carboxylic acids is 2. The summed E-state index contributed by atoms with van der Waals surface area (Å²) in [5, 5.41) is 9.80. The number of aryl methyl sites for hydroxylation is 1. The van der Waals surface area contributed by atoms with E-state index < -0.39 is 0 Å². The molecule has 1 unspecified atom stereocenters. The minimum Gasteiger partial charge on any atom is -0.353 e. The Morgan fingerprint density at radius 3 is 2.46 bits per heavy atom. The SMILES string of the molecule is Cc1cc(=O)c(C(=O)N2[C@@H]3CC[C@H]2CC(NC(=O)C2CC2)C3)n[nH]1. The quantitative estimate of drug-likeness (QED) is 0.854. The summed E-state index contributed by atoms with van der Waals surface area (Å²) >= 11 is 0. The van der Waals surface area contributed by atoms with Crippen LogP contribution in [0.25, 0.3) is 0 Å². The van der Waals surface area contributed by atoms with E-state index in [1.807, 2.05) is 4.90 Å². The van der Waals surface area contributed by atoms with Crippen molar-refractivity contribution in [3.05, 3.63) is 27.7 Å². The van der Waals surface area contributed by atoms with Gasteiger partial charge in [-0.25, -0.2) is 0 Å². The summed E-state index contributed by atoms with van der Waals surface area (Å²) in [5.74, 6) is 0.0872. The van der Waals surface area contributed by atoms with E-state index in [2.05, 4.69) is 15.5 Å². The predicted molar refractivity (Wildman–Crippen MR) is 86.5 cm³/mol. The first-order valence-corrected chi connectivity index (χ1v) is 8.72. The summed E-state index contributed by atoms with van der Waals surface area (Å²) in [6.45, 7) is 1.74. The van der Waals surface area contributed by atoms with Crippen LogP contribution in [0.15, 0.2) is 10.9 Å². The second-order valence-electron chi connectivity index (χ2n) is 7.31. The number of hydrogen-bond acceptors (Lipinski definition) is 4. The summed E-state index contributed by atoms with van der Waals surface area (Å²) in [6.07, 6.45) is 5.39. The maximum absolute atomic E-state index is 12.8. The Hall–Kier alpha value is -2.18. The highest BCUT2D eigenvalue weighted by Crippen LogP contribution is 2.37. The molecule has 1 aliphatic carbocycles. The first-order valence-electron chi connectivity index (χ1n) is 8.72. The van der Waals surface area contributed by atoms with Crippen molar-refractivity contribution in [2.45, 2.75) is 63.6 Å². The number of aromatic amines is 1. The van der Waals surface area contributed by atoms with Gasteiger partial charge in [-0.1, -0.05) is 0 Å². The van der Waals surface area contributed by atoms with E-state index in [1.165, 1.54) is 6.07 Å². The molecule has 24 heavy (non-hydrogen) atoms. The molecule has 0 radical (unpaired) electrons. The number of nitrogens with zero attached hydrogens (tertiary/aromatic N) is 2. The van der Waals surface area contributed by atoms with Crippen LogP contribution in [0, 0.1) is 12.8 Å². The topological polar surface area (TPSA) is 95.2 Å². The van der Waals surface area contributed by atoms with Gasteiger partial charge in [0.1, 0.15) is 0 Å². The van der Waals surface area contributed by atoms with Gasteiger partial charge in [0.25, 0.3) is 5.91 Å². The minimum absolute atomic E-state index is 0.0297. The van der Waals surface area contributed by atoms with Gasteiger partial charge < -0.3 is 10.2 Å². The van der Waals surface area contributed by atoms with E-state index in [9.17, 15) is 14.4 Å². The van der Waals surface area contributed by atoms with Crippen molar-refractivity contribution in [3.63, 3.8) is 0 Å². The molecule has 1 aromatic heterocycles. The smallest absolute Gasteiger partial charge is 0.278 e. The molecule has 3 heterocycles. The van der Waals surface area contributed by atoms with E-state index in [0.29, 0.717) is 5.69 Å². The number of fused-ring (bicyclic) bond motifs is 2. The molecule has 128 valence electrons. The standard InChI is InChI=1S/C17H22N4O3/c1-9-6-14(22)15(20-19-9)17(24)21-12-4-5-13(21)8-11(7-12)18-16(23)10-2-3-10/h6,10-13H,2-5,7-8H2,1H3,(H,18,23)(H,19,22)/t11?,12-,13+. The lowest BCUT2D eigenvalue weighted by Gasteiger charge is -2.39. The van der Waals surface area contributed by atoms with Gasteiger partial charge in [0.05, 0.1) is 0 Å². The number of rotatable bonds is 3. The molecule has 2 bridgehead atoms. The first-order chi connectivity index (χ1) is 11.5. The number of hydrogen-bond donors (Lipinski definition) is 2. The molecule has 3 aliphatic rings. The highest BCUT2D eigenvalue weighted by atomic mass is 16.2. The summed E-state index contributed by atoms with van der Waals surface area (Å²) in [4.78, 5) is 38.7. The van der Waals surface area contributed by atoms with Crippen LogP contribution in [-0.2, 0) is 4.79 Å². The van der Waals surface area contributed by atoms with Gasteiger partial charge in [-0.05, 0) is 45.4 Å². The number of amides is 2. The van der Waals surface area contributed by atoms with E-state index >= 15 is 0 Å². The van der Waals surface area contributed by atoms with Gasteiger partial charge in [-0.2, -0.15) is 5.10 Å². The molecule has 1 aromatic rings. The molecule has 0 spiro atoms. The summed E-state index contributed by atoms with van der Waals surface area (Å²) in [5.41, 5.74) is 0.277. The van der Waals surface area contributed by atoms with Crippen LogP contribution < -0.4 is 10.7 Å². The summed E-state index contributed by atoms with van der Waals surface area (Å²) < 4.78 is 0. The second kappa shape index (κ2) is 5.72. The maximum atomic E-state index is 12.8. The molecule has 2 N–H and O–H groups in total. The van der Waals surface area contributed by atoms with Crippen LogP contribution in [0.4, 0.5) is 0 Å². The summed E-state index contributed by atoms with van der Waals surface area (Å²) in [6, 6.07) is 1.72. The Morgan fingerprint density at radius 1 is 1.21 bits per heavy atom. The molecule has 3 atom stereocenters. The highest BCUT2D eigenvalue weighted by molar-refractivity contribution is 5.93. The number of carbonyl (C=O) groups is 2.